The molecule has 0 bridgehead atoms. The molecule has 0 spiro atoms. The molecule has 0 amide bonds. The van der Waals surface area contributed by atoms with Crippen molar-refractivity contribution in [2.45, 2.75) is 58.0 Å². The molecule has 4 nitrogen and oxygen atoms in total. The monoisotopic (exact) mass is 254 g/mol. The third kappa shape index (κ3) is 5.84. The molecule has 1 fully saturated rings. The minimum absolute atomic E-state index is 0.0335. The number of hydrogen-bond donors (Lipinski definition) is 1. The van der Waals surface area contributed by atoms with Gasteiger partial charge in [-0.3, -0.25) is 0 Å². The van der Waals surface area contributed by atoms with E-state index in [2.05, 4.69) is 6.92 Å². The average molecular weight is 254 g/mol. The number of carboxylic acid groups (broad SMARTS) is 1. The Morgan fingerprint density at radius 2 is 1.89 bits per heavy atom. The predicted octanol–water partition coefficient (Wildman–Crippen LogP) is 2.92. The molecule has 0 unspecified atom stereocenters. The van der Waals surface area contributed by atoms with Gasteiger partial charge in [0.1, 0.15) is 6.10 Å². The average Bonchev–Trinajstić information content (AvgIpc) is 2.35. The molecule has 1 N–H and O–H groups in total. The Labute approximate surface area is 108 Å². The van der Waals surface area contributed by atoms with Crippen LogP contribution < -0.4 is 0 Å². The SMILES string of the molecule is CCCCC1CCC(OC(=O)/C=C/C(=O)O)CC1. The number of ether oxygens (including phenoxy) is 1. The zero-order valence-corrected chi connectivity index (χ0v) is 10.9. The predicted molar refractivity (Wildman–Crippen MR) is 68.1 cm³/mol. The molecule has 1 rings (SSSR count). The Morgan fingerprint density at radius 1 is 1.22 bits per heavy atom. The van der Waals surface area contributed by atoms with Crippen LogP contribution in [0.5, 0.6) is 0 Å². The molecule has 1 aliphatic rings. The van der Waals surface area contributed by atoms with Gasteiger partial charge in [0.15, 0.2) is 0 Å². The van der Waals surface area contributed by atoms with E-state index >= 15 is 0 Å². The van der Waals surface area contributed by atoms with Crippen LogP contribution in [0.2, 0.25) is 0 Å². The number of rotatable bonds is 6. The van der Waals surface area contributed by atoms with Crippen molar-refractivity contribution < 1.29 is 19.4 Å². The Hall–Kier alpha value is -1.32. The van der Waals surface area contributed by atoms with E-state index in [0.29, 0.717) is 0 Å². The lowest BCUT2D eigenvalue weighted by atomic mass is 9.84. The second kappa shape index (κ2) is 7.90. The van der Waals surface area contributed by atoms with Crippen LogP contribution in [-0.4, -0.2) is 23.1 Å². The molecule has 0 atom stereocenters. The molecule has 0 radical (unpaired) electrons. The van der Waals surface area contributed by atoms with E-state index in [-0.39, 0.29) is 6.10 Å². The van der Waals surface area contributed by atoms with E-state index in [1.54, 1.807) is 0 Å². The summed E-state index contributed by atoms with van der Waals surface area (Å²) in [4.78, 5) is 21.5. The quantitative estimate of drug-likeness (QED) is 0.584. The summed E-state index contributed by atoms with van der Waals surface area (Å²) in [6, 6.07) is 0. The molecule has 1 saturated carbocycles. The summed E-state index contributed by atoms with van der Waals surface area (Å²) in [6.45, 7) is 2.20. The van der Waals surface area contributed by atoms with Crippen molar-refractivity contribution in [3.05, 3.63) is 12.2 Å². The third-order valence-corrected chi connectivity index (χ3v) is 3.40. The Bertz CT molecular complexity index is 301. The van der Waals surface area contributed by atoms with Crippen molar-refractivity contribution >= 4 is 11.9 Å². The standard InChI is InChI=1S/C14H22O4/c1-2-3-4-11-5-7-12(8-6-11)18-14(17)10-9-13(15)16/h9-12H,2-8H2,1H3,(H,15,16)/b10-9+. The Kier molecular flexibility index (Phi) is 6.47. The first-order chi connectivity index (χ1) is 8.61. The van der Waals surface area contributed by atoms with E-state index < -0.39 is 11.9 Å². The van der Waals surface area contributed by atoms with Crippen molar-refractivity contribution in [1.29, 1.82) is 0 Å². The number of unbranched alkanes of at least 4 members (excludes halogenated alkanes) is 1. The van der Waals surface area contributed by atoms with Crippen LogP contribution in [0.3, 0.4) is 0 Å². The molecule has 0 aromatic heterocycles. The maximum atomic E-state index is 11.3. The van der Waals surface area contributed by atoms with Gasteiger partial charge in [0.05, 0.1) is 0 Å². The topological polar surface area (TPSA) is 63.6 Å². The van der Waals surface area contributed by atoms with Gasteiger partial charge in [0, 0.05) is 12.2 Å². The highest BCUT2D eigenvalue weighted by Gasteiger charge is 2.22. The van der Waals surface area contributed by atoms with Crippen LogP contribution in [-0.2, 0) is 14.3 Å². The van der Waals surface area contributed by atoms with E-state index in [1.807, 2.05) is 0 Å². The number of esters is 1. The Balaban J connectivity index is 2.22. The minimum Gasteiger partial charge on any atom is -0.478 e. The minimum atomic E-state index is -1.13. The first-order valence-corrected chi connectivity index (χ1v) is 6.73. The van der Waals surface area contributed by atoms with E-state index in [1.165, 1.54) is 19.3 Å². The van der Waals surface area contributed by atoms with Crippen molar-refractivity contribution in [2.75, 3.05) is 0 Å². The van der Waals surface area contributed by atoms with Gasteiger partial charge in [-0.25, -0.2) is 9.59 Å². The first-order valence-electron chi connectivity index (χ1n) is 6.73. The van der Waals surface area contributed by atoms with Crippen LogP contribution in [0.15, 0.2) is 12.2 Å². The molecule has 0 aromatic rings. The van der Waals surface area contributed by atoms with Gasteiger partial charge in [0.25, 0.3) is 0 Å². The zero-order chi connectivity index (χ0) is 13.4. The highest BCUT2D eigenvalue weighted by molar-refractivity contribution is 5.90. The van der Waals surface area contributed by atoms with Gasteiger partial charge in [0.2, 0.25) is 0 Å². The fourth-order valence-electron chi connectivity index (χ4n) is 2.37. The van der Waals surface area contributed by atoms with Gasteiger partial charge < -0.3 is 9.84 Å². The number of carbonyl (C=O) groups is 2. The Morgan fingerprint density at radius 3 is 2.44 bits per heavy atom. The van der Waals surface area contributed by atoms with Gasteiger partial charge in [-0.15, -0.1) is 0 Å². The lowest BCUT2D eigenvalue weighted by Crippen LogP contribution is -2.23. The van der Waals surface area contributed by atoms with Crippen molar-refractivity contribution in [3.8, 4) is 0 Å². The molecule has 4 heteroatoms. The summed E-state index contributed by atoms with van der Waals surface area (Å²) in [6.07, 6.45) is 9.57. The lowest BCUT2D eigenvalue weighted by molar-refractivity contribution is -0.145. The highest BCUT2D eigenvalue weighted by atomic mass is 16.5. The van der Waals surface area contributed by atoms with Crippen molar-refractivity contribution in [2.24, 2.45) is 5.92 Å². The summed E-state index contributed by atoms with van der Waals surface area (Å²) < 4.78 is 5.21. The van der Waals surface area contributed by atoms with Crippen LogP contribution >= 0.6 is 0 Å². The summed E-state index contributed by atoms with van der Waals surface area (Å²) in [7, 11) is 0. The largest absolute Gasteiger partial charge is 0.478 e. The van der Waals surface area contributed by atoms with E-state index in [0.717, 1.165) is 43.8 Å². The van der Waals surface area contributed by atoms with Gasteiger partial charge in [-0.2, -0.15) is 0 Å². The second-order valence-corrected chi connectivity index (χ2v) is 4.89. The maximum absolute atomic E-state index is 11.3. The van der Waals surface area contributed by atoms with Crippen LogP contribution in [0.1, 0.15) is 51.9 Å². The van der Waals surface area contributed by atoms with Gasteiger partial charge >= 0.3 is 11.9 Å². The van der Waals surface area contributed by atoms with Crippen molar-refractivity contribution in [1.82, 2.24) is 0 Å². The molecule has 18 heavy (non-hydrogen) atoms. The van der Waals surface area contributed by atoms with Gasteiger partial charge in [-0.1, -0.05) is 26.2 Å². The molecule has 102 valence electrons. The highest BCUT2D eigenvalue weighted by Crippen LogP contribution is 2.29. The van der Waals surface area contributed by atoms with E-state index in [9.17, 15) is 9.59 Å². The third-order valence-electron chi connectivity index (χ3n) is 3.40. The lowest BCUT2D eigenvalue weighted by Gasteiger charge is -2.27. The molecular formula is C14H22O4. The summed E-state index contributed by atoms with van der Waals surface area (Å²) >= 11 is 0. The van der Waals surface area contributed by atoms with Crippen LogP contribution in [0.25, 0.3) is 0 Å². The second-order valence-electron chi connectivity index (χ2n) is 4.89. The number of aliphatic carboxylic acids is 1. The van der Waals surface area contributed by atoms with E-state index in [4.69, 9.17) is 9.84 Å². The molecular weight excluding hydrogens is 232 g/mol. The zero-order valence-electron chi connectivity index (χ0n) is 10.9. The van der Waals surface area contributed by atoms with Crippen LogP contribution in [0, 0.1) is 5.92 Å². The number of carbonyl (C=O) groups excluding carboxylic acids is 1. The van der Waals surface area contributed by atoms with Crippen molar-refractivity contribution in [3.63, 3.8) is 0 Å². The molecule has 0 heterocycles. The fraction of sp³-hybridized carbons (Fsp3) is 0.714. The summed E-state index contributed by atoms with van der Waals surface area (Å²) in [5.41, 5.74) is 0. The van der Waals surface area contributed by atoms with Gasteiger partial charge in [-0.05, 0) is 31.6 Å². The maximum Gasteiger partial charge on any atom is 0.331 e. The van der Waals surface area contributed by atoms with Crippen LogP contribution in [0.4, 0.5) is 0 Å². The summed E-state index contributed by atoms with van der Waals surface area (Å²) in [5.74, 6) is -0.904. The molecule has 0 aromatic carbocycles. The first kappa shape index (κ1) is 14.7. The molecule has 1 aliphatic carbocycles. The number of hydrogen-bond acceptors (Lipinski definition) is 3. The molecule has 0 aliphatic heterocycles. The summed E-state index contributed by atoms with van der Waals surface area (Å²) in [5, 5.41) is 8.39. The normalized spacial score (nSPS) is 24.1. The number of carboxylic acids is 1. The fourth-order valence-corrected chi connectivity index (χ4v) is 2.37. The smallest absolute Gasteiger partial charge is 0.331 e. The molecule has 0 saturated heterocycles.